The maximum absolute atomic E-state index is 13.5. The highest BCUT2D eigenvalue weighted by Crippen LogP contribution is 2.39. The van der Waals surface area contributed by atoms with Gasteiger partial charge in [-0.15, -0.1) is 0 Å². The standard InChI is InChI=1S/C25H31FN4O10/c1-3-25(4-2)22(38)29(24(40)30(23(25)39)16(21(36)37)9-11-18(31)32)15(20(34)35)7-5-6-12-27-19(33)14-8-10-17(26)28-13-14/h8,10,13,15-16H,3-7,9,11-12H2,1-2H3,(H,27,33)(H,31,32)(H,34,35)(H,36,37)/t15-,16?/m0/s1. The lowest BCUT2D eigenvalue weighted by molar-refractivity contribution is -0.170. The van der Waals surface area contributed by atoms with Gasteiger partial charge in [0.05, 0.1) is 5.56 Å². The van der Waals surface area contributed by atoms with Gasteiger partial charge in [0.25, 0.3) is 5.91 Å². The first kappa shape index (κ1) is 31.8. The zero-order valence-corrected chi connectivity index (χ0v) is 22.0. The molecule has 1 aromatic rings. The molecule has 1 aliphatic heterocycles. The van der Waals surface area contributed by atoms with E-state index in [0.29, 0.717) is 9.80 Å². The summed E-state index contributed by atoms with van der Waals surface area (Å²) in [7, 11) is 0. The predicted octanol–water partition coefficient (Wildman–Crippen LogP) is 1.49. The number of unbranched alkanes of at least 4 members (excludes halogenated alkanes) is 1. The van der Waals surface area contributed by atoms with Gasteiger partial charge in [0, 0.05) is 19.2 Å². The first-order valence-corrected chi connectivity index (χ1v) is 12.6. The van der Waals surface area contributed by atoms with Gasteiger partial charge in [0.2, 0.25) is 17.8 Å². The molecule has 2 heterocycles. The van der Waals surface area contributed by atoms with Crippen LogP contribution in [0.1, 0.15) is 69.2 Å². The van der Waals surface area contributed by atoms with Gasteiger partial charge in [-0.1, -0.05) is 13.8 Å². The van der Waals surface area contributed by atoms with Gasteiger partial charge in [-0.25, -0.2) is 29.2 Å². The Morgan fingerprint density at radius 2 is 1.48 bits per heavy atom. The number of hydrogen-bond acceptors (Lipinski definition) is 8. The zero-order valence-electron chi connectivity index (χ0n) is 22.0. The summed E-state index contributed by atoms with van der Waals surface area (Å²) in [6.07, 6.45) is -0.598. The van der Waals surface area contributed by atoms with Crippen molar-refractivity contribution < 1.29 is 53.3 Å². The number of imide groups is 2. The van der Waals surface area contributed by atoms with Crippen LogP contribution in [0.4, 0.5) is 9.18 Å². The molecule has 14 nitrogen and oxygen atoms in total. The molecule has 15 heteroatoms. The lowest BCUT2D eigenvalue weighted by Gasteiger charge is -2.46. The molecule has 1 unspecified atom stereocenters. The summed E-state index contributed by atoms with van der Waals surface area (Å²) in [6.45, 7) is 3.00. The van der Waals surface area contributed by atoms with E-state index in [4.69, 9.17) is 5.11 Å². The smallest absolute Gasteiger partial charge is 0.335 e. The highest BCUT2D eigenvalue weighted by atomic mass is 19.1. The van der Waals surface area contributed by atoms with Crippen LogP contribution in [0.2, 0.25) is 0 Å². The number of hydrogen-bond donors (Lipinski definition) is 4. The topological polar surface area (TPSA) is 212 Å². The average molecular weight is 567 g/mol. The van der Waals surface area contributed by atoms with Crippen molar-refractivity contribution in [2.75, 3.05) is 6.54 Å². The van der Waals surface area contributed by atoms with Gasteiger partial charge in [-0.3, -0.25) is 19.2 Å². The molecular formula is C25H31FN4O10. The van der Waals surface area contributed by atoms with Crippen LogP contribution >= 0.6 is 0 Å². The Morgan fingerprint density at radius 3 is 1.93 bits per heavy atom. The Bertz CT molecular complexity index is 1170. The van der Waals surface area contributed by atoms with E-state index in [9.17, 15) is 48.2 Å². The fraction of sp³-hybridized carbons (Fsp3) is 0.520. The van der Waals surface area contributed by atoms with Crippen LogP contribution in [-0.4, -0.2) is 90.4 Å². The van der Waals surface area contributed by atoms with E-state index in [1.54, 1.807) is 0 Å². The maximum Gasteiger partial charge on any atom is 0.335 e. The minimum Gasteiger partial charge on any atom is -0.481 e. The Kier molecular flexibility index (Phi) is 10.8. The number of urea groups is 1. The average Bonchev–Trinajstić information content (AvgIpc) is 2.89. The number of carboxylic acid groups (broad SMARTS) is 3. The van der Waals surface area contributed by atoms with Crippen LogP contribution in [-0.2, 0) is 24.0 Å². The Hall–Kier alpha value is -4.43. The number of nitrogens with one attached hydrogen (secondary N) is 1. The Balaban J connectivity index is 2.26. The van der Waals surface area contributed by atoms with Crippen LogP contribution in [0.3, 0.4) is 0 Å². The molecule has 0 spiro atoms. The lowest BCUT2D eigenvalue weighted by Crippen LogP contribution is -2.70. The third-order valence-corrected chi connectivity index (χ3v) is 6.88. The number of barbiturate groups is 1. The van der Waals surface area contributed by atoms with Gasteiger partial charge in [-0.05, 0) is 50.7 Å². The molecule has 1 aliphatic rings. The molecule has 2 atom stereocenters. The molecule has 0 aliphatic carbocycles. The second-order valence-electron chi connectivity index (χ2n) is 9.18. The zero-order chi connectivity index (χ0) is 30.2. The summed E-state index contributed by atoms with van der Waals surface area (Å²) in [4.78, 5) is 91.8. The van der Waals surface area contributed by atoms with Crippen molar-refractivity contribution in [3.05, 3.63) is 29.8 Å². The van der Waals surface area contributed by atoms with Gasteiger partial charge in [-0.2, -0.15) is 4.39 Å². The number of carboxylic acids is 3. The van der Waals surface area contributed by atoms with Gasteiger partial charge >= 0.3 is 23.9 Å². The number of pyridine rings is 1. The fourth-order valence-corrected chi connectivity index (χ4v) is 4.51. The van der Waals surface area contributed by atoms with Crippen LogP contribution < -0.4 is 5.32 Å². The summed E-state index contributed by atoms with van der Waals surface area (Å²) < 4.78 is 12.9. The summed E-state index contributed by atoms with van der Waals surface area (Å²) in [5.41, 5.74) is -1.82. The van der Waals surface area contributed by atoms with Crippen molar-refractivity contribution in [1.82, 2.24) is 20.1 Å². The lowest BCUT2D eigenvalue weighted by atomic mass is 9.77. The van der Waals surface area contributed by atoms with E-state index in [-0.39, 0.29) is 44.2 Å². The number of halogens is 1. The number of nitrogens with zero attached hydrogens (tertiary/aromatic N) is 3. The second-order valence-corrected chi connectivity index (χ2v) is 9.18. The van der Waals surface area contributed by atoms with Crippen molar-refractivity contribution >= 4 is 41.7 Å². The third-order valence-electron chi connectivity index (χ3n) is 6.88. The molecule has 1 saturated heterocycles. The van der Waals surface area contributed by atoms with Crippen LogP contribution in [0.5, 0.6) is 0 Å². The molecular weight excluding hydrogens is 535 g/mol. The first-order valence-electron chi connectivity index (χ1n) is 12.6. The summed E-state index contributed by atoms with van der Waals surface area (Å²) in [5.74, 6) is -8.13. The number of aliphatic carboxylic acids is 3. The Labute approximate surface area is 228 Å². The molecule has 0 saturated carbocycles. The quantitative estimate of drug-likeness (QED) is 0.136. The van der Waals surface area contributed by atoms with Crippen molar-refractivity contribution in [2.24, 2.45) is 5.41 Å². The molecule has 40 heavy (non-hydrogen) atoms. The maximum atomic E-state index is 13.5. The highest BCUT2D eigenvalue weighted by molar-refractivity contribution is 6.21. The molecule has 1 fully saturated rings. The molecule has 0 bridgehead atoms. The van der Waals surface area contributed by atoms with Crippen LogP contribution in [0.15, 0.2) is 18.3 Å². The van der Waals surface area contributed by atoms with Gasteiger partial charge in [0.15, 0.2) is 0 Å². The predicted molar refractivity (Wildman–Crippen MR) is 132 cm³/mol. The number of amides is 5. The van der Waals surface area contributed by atoms with Crippen LogP contribution in [0, 0.1) is 11.4 Å². The van der Waals surface area contributed by atoms with Crippen molar-refractivity contribution in [3.63, 3.8) is 0 Å². The summed E-state index contributed by atoms with van der Waals surface area (Å²) in [5, 5.41) is 31.2. The Morgan fingerprint density at radius 1 is 0.925 bits per heavy atom. The van der Waals surface area contributed by atoms with E-state index >= 15 is 0 Å². The number of aromatic nitrogens is 1. The minimum absolute atomic E-state index is 0.0686. The van der Waals surface area contributed by atoms with Crippen molar-refractivity contribution in [1.29, 1.82) is 0 Å². The third kappa shape index (κ3) is 6.76. The number of rotatable bonds is 15. The SMILES string of the molecule is CCC1(CC)C(=O)N(C(CCC(=O)O)C(=O)O)C(=O)N([C@@H](CCCCNC(=O)c2ccc(F)nc2)C(=O)O)C1=O. The van der Waals surface area contributed by atoms with Gasteiger partial charge < -0.3 is 20.6 Å². The summed E-state index contributed by atoms with van der Waals surface area (Å²) in [6, 6.07) is -2.91. The van der Waals surface area contributed by atoms with E-state index in [2.05, 4.69) is 10.3 Å². The first-order chi connectivity index (χ1) is 18.8. The largest absolute Gasteiger partial charge is 0.481 e. The monoisotopic (exact) mass is 566 g/mol. The number of carbonyl (C=O) groups excluding carboxylic acids is 4. The fourth-order valence-electron chi connectivity index (χ4n) is 4.51. The van der Waals surface area contributed by atoms with Gasteiger partial charge in [0.1, 0.15) is 17.5 Å². The van der Waals surface area contributed by atoms with E-state index < -0.39 is 77.9 Å². The molecule has 5 amide bonds. The molecule has 4 N–H and O–H groups in total. The van der Waals surface area contributed by atoms with Crippen LogP contribution in [0.25, 0.3) is 0 Å². The van der Waals surface area contributed by atoms with E-state index in [0.717, 1.165) is 12.3 Å². The number of carbonyl (C=O) groups is 7. The normalized spacial score (nSPS) is 16.4. The van der Waals surface area contributed by atoms with E-state index in [1.807, 2.05) is 0 Å². The summed E-state index contributed by atoms with van der Waals surface area (Å²) >= 11 is 0. The van der Waals surface area contributed by atoms with Crippen molar-refractivity contribution in [3.8, 4) is 0 Å². The highest BCUT2D eigenvalue weighted by Gasteiger charge is 2.59. The molecule has 0 radical (unpaired) electrons. The molecule has 0 aromatic carbocycles. The molecule has 2 rings (SSSR count). The van der Waals surface area contributed by atoms with Crippen molar-refractivity contribution in [2.45, 2.75) is 70.9 Å². The second kappa shape index (κ2) is 13.6. The molecule has 218 valence electrons. The molecule has 1 aromatic heterocycles. The minimum atomic E-state index is -1.94. The van der Waals surface area contributed by atoms with E-state index in [1.165, 1.54) is 19.9 Å².